The lowest BCUT2D eigenvalue weighted by Gasteiger charge is -2.26. The molecule has 1 aromatic rings. The number of halogens is 4. The fraction of sp³-hybridized carbons (Fsp3) is 0.364. The van der Waals surface area contributed by atoms with Crippen LogP contribution in [0.1, 0.15) is 18.9 Å². The molecule has 0 heterocycles. The fourth-order valence-electron chi connectivity index (χ4n) is 1.53. The highest BCUT2D eigenvalue weighted by Crippen LogP contribution is 2.37. The van der Waals surface area contributed by atoms with Crippen LogP contribution >= 0.6 is 11.6 Å². The minimum atomic E-state index is -4.56. The molecule has 1 rings (SSSR count). The number of hydrogen-bond donors (Lipinski definition) is 1. The summed E-state index contributed by atoms with van der Waals surface area (Å²) in [5, 5.41) is 9.20. The van der Waals surface area contributed by atoms with E-state index in [4.69, 9.17) is 16.7 Å². The Morgan fingerprint density at radius 1 is 1.41 bits per heavy atom. The molecule has 0 saturated carbocycles. The summed E-state index contributed by atoms with van der Waals surface area (Å²) >= 11 is 5.65. The molecule has 0 aliphatic carbocycles. The Morgan fingerprint density at radius 2 is 2.00 bits per heavy atom. The van der Waals surface area contributed by atoms with E-state index in [-0.39, 0.29) is 10.6 Å². The molecule has 17 heavy (non-hydrogen) atoms. The van der Waals surface area contributed by atoms with Gasteiger partial charge in [-0.3, -0.25) is 4.79 Å². The van der Waals surface area contributed by atoms with Gasteiger partial charge in [0.05, 0.1) is 11.8 Å². The van der Waals surface area contributed by atoms with Gasteiger partial charge < -0.3 is 5.11 Å². The molecule has 0 aliphatic rings. The van der Waals surface area contributed by atoms with E-state index in [1.165, 1.54) is 24.3 Å². The van der Waals surface area contributed by atoms with E-state index in [1.54, 1.807) is 0 Å². The third-order valence-corrected chi connectivity index (χ3v) is 2.72. The number of rotatable bonds is 3. The molecule has 0 aromatic heterocycles. The molecule has 0 bridgehead atoms. The Labute approximate surface area is 101 Å². The highest BCUT2D eigenvalue weighted by molar-refractivity contribution is 6.30. The molecule has 6 heteroatoms. The number of carbonyl (C=O) groups is 1. The second-order valence-electron chi connectivity index (χ2n) is 3.94. The average molecular weight is 267 g/mol. The van der Waals surface area contributed by atoms with E-state index in [9.17, 15) is 18.0 Å². The quantitative estimate of drug-likeness (QED) is 0.907. The second-order valence-corrected chi connectivity index (χ2v) is 4.38. The van der Waals surface area contributed by atoms with Gasteiger partial charge in [-0.15, -0.1) is 0 Å². The Bertz CT molecular complexity index is 431. The van der Waals surface area contributed by atoms with Crippen LogP contribution in [0, 0.1) is 0 Å². The van der Waals surface area contributed by atoms with Crippen molar-refractivity contribution in [1.29, 1.82) is 0 Å². The van der Waals surface area contributed by atoms with Gasteiger partial charge in [0.25, 0.3) is 0 Å². The molecule has 1 unspecified atom stereocenters. The summed E-state index contributed by atoms with van der Waals surface area (Å²) in [4.78, 5) is 11.1. The summed E-state index contributed by atoms with van der Waals surface area (Å²) in [6.45, 7) is 1.04. The number of alkyl halides is 3. The number of carboxylic acid groups (broad SMARTS) is 1. The van der Waals surface area contributed by atoms with Gasteiger partial charge in [-0.1, -0.05) is 23.7 Å². The van der Waals surface area contributed by atoms with Crippen LogP contribution in [0.4, 0.5) is 13.2 Å². The molecule has 0 aliphatic heterocycles. The monoisotopic (exact) mass is 266 g/mol. The second kappa shape index (κ2) is 4.56. The van der Waals surface area contributed by atoms with Crippen molar-refractivity contribution in [3.63, 3.8) is 0 Å². The molecule has 0 saturated heterocycles. The number of benzene rings is 1. The van der Waals surface area contributed by atoms with E-state index < -0.39 is 24.0 Å². The van der Waals surface area contributed by atoms with Gasteiger partial charge in [0.1, 0.15) is 0 Å². The largest absolute Gasteiger partial charge is 0.481 e. The van der Waals surface area contributed by atoms with Crippen molar-refractivity contribution in [3.8, 4) is 0 Å². The van der Waals surface area contributed by atoms with Gasteiger partial charge >= 0.3 is 12.1 Å². The van der Waals surface area contributed by atoms with Crippen LogP contribution in [0.15, 0.2) is 24.3 Å². The van der Waals surface area contributed by atoms with Gasteiger partial charge in [-0.05, 0) is 24.6 Å². The Morgan fingerprint density at radius 3 is 2.41 bits per heavy atom. The van der Waals surface area contributed by atoms with Gasteiger partial charge in [-0.25, -0.2) is 0 Å². The average Bonchev–Trinajstić information content (AvgIpc) is 2.14. The Balaban J connectivity index is 3.21. The zero-order valence-electron chi connectivity index (χ0n) is 8.88. The molecular formula is C11H10ClF3O2. The first-order chi connectivity index (χ1) is 7.65. The lowest BCUT2D eigenvalue weighted by Crippen LogP contribution is -2.37. The Hall–Kier alpha value is -1.23. The zero-order chi connectivity index (χ0) is 13.3. The van der Waals surface area contributed by atoms with E-state index in [0.717, 1.165) is 6.92 Å². The minimum absolute atomic E-state index is 0.0369. The zero-order valence-corrected chi connectivity index (χ0v) is 9.64. The first-order valence-electron chi connectivity index (χ1n) is 4.71. The van der Waals surface area contributed by atoms with Crippen LogP contribution in [-0.2, 0) is 10.2 Å². The van der Waals surface area contributed by atoms with Crippen molar-refractivity contribution in [1.82, 2.24) is 0 Å². The number of aliphatic carboxylic acids is 1. The highest BCUT2D eigenvalue weighted by atomic mass is 35.5. The molecule has 1 aromatic carbocycles. The third kappa shape index (κ3) is 3.36. The van der Waals surface area contributed by atoms with E-state index in [1.807, 2.05) is 0 Å². The maximum Gasteiger partial charge on any atom is 0.390 e. The van der Waals surface area contributed by atoms with Crippen molar-refractivity contribution >= 4 is 17.6 Å². The summed E-state index contributed by atoms with van der Waals surface area (Å²) < 4.78 is 37.2. The van der Waals surface area contributed by atoms with Crippen LogP contribution < -0.4 is 0 Å². The fourth-order valence-corrected chi connectivity index (χ4v) is 1.72. The summed E-state index contributed by atoms with van der Waals surface area (Å²) in [6.07, 6.45) is -5.99. The maximum atomic E-state index is 12.4. The van der Waals surface area contributed by atoms with Crippen LogP contribution in [0.2, 0.25) is 5.02 Å². The van der Waals surface area contributed by atoms with E-state index in [0.29, 0.717) is 0 Å². The molecule has 0 amide bonds. The minimum Gasteiger partial charge on any atom is -0.481 e. The predicted octanol–water partition coefficient (Wildman–Crippen LogP) is 3.63. The van der Waals surface area contributed by atoms with Crippen molar-refractivity contribution < 1.29 is 23.1 Å². The molecule has 2 nitrogen and oxygen atoms in total. The first-order valence-corrected chi connectivity index (χ1v) is 5.09. The predicted molar refractivity (Wildman–Crippen MR) is 57.1 cm³/mol. The standard InChI is InChI=1S/C11H10ClF3O2/c1-10(9(16)17,6-11(13,14)15)7-3-2-4-8(12)5-7/h2-5H,6H2,1H3,(H,16,17). The molecule has 0 fully saturated rings. The van der Waals surface area contributed by atoms with E-state index >= 15 is 0 Å². The first kappa shape index (κ1) is 13.8. The lowest BCUT2D eigenvalue weighted by atomic mass is 9.79. The number of carboxylic acids is 1. The van der Waals surface area contributed by atoms with Gasteiger partial charge in [-0.2, -0.15) is 13.2 Å². The Kier molecular flexibility index (Phi) is 3.71. The van der Waals surface area contributed by atoms with Crippen LogP contribution in [0.3, 0.4) is 0 Å². The lowest BCUT2D eigenvalue weighted by molar-refractivity contribution is -0.166. The van der Waals surface area contributed by atoms with Gasteiger partial charge in [0.15, 0.2) is 0 Å². The summed E-state index contributed by atoms with van der Waals surface area (Å²) in [5.41, 5.74) is -1.99. The smallest absolute Gasteiger partial charge is 0.390 e. The SMILES string of the molecule is CC(CC(F)(F)F)(C(=O)O)c1cccc(Cl)c1. The maximum absolute atomic E-state index is 12.4. The van der Waals surface area contributed by atoms with Gasteiger partial charge in [0, 0.05) is 5.02 Å². The molecule has 1 atom stereocenters. The summed E-state index contributed by atoms with van der Waals surface area (Å²) in [6, 6.07) is 5.46. The molecule has 0 spiro atoms. The topological polar surface area (TPSA) is 37.3 Å². The molecular weight excluding hydrogens is 257 g/mol. The van der Waals surface area contributed by atoms with Crippen molar-refractivity contribution in [2.24, 2.45) is 0 Å². The molecule has 94 valence electrons. The summed E-state index contributed by atoms with van der Waals surface area (Å²) in [5.74, 6) is -1.53. The van der Waals surface area contributed by atoms with Crippen LogP contribution in [-0.4, -0.2) is 17.3 Å². The van der Waals surface area contributed by atoms with Crippen molar-refractivity contribution in [2.45, 2.75) is 24.9 Å². The van der Waals surface area contributed by atoms with Crippen LogP contribution in [0.5, 0.6) is 0 Å². The normalized spacial score (nSPS) is 15.4. The van der Waals surface area contributed by atoms with E-state index in [2.05, 4.69) is 0 Å². The third-order valence-electron chi connectivity index (χ3n) is 2.49. The van der Waals surface area contributed by atoms with Crippen molar-refractivity contribution in [3.05, 3.63) is 34.9 Å². The molecule has 0 radical (unpaired) electrons. The van der Waals surface area contributed by atoms with Crippen molar-refractivity contribution in [2.75, 3.05) is 0 Å². The molecule has 1 N–H and O–H groups in total. The van der Waals surface area contributed by atoms with Gasteiger partial charge in [0.2, 0.25) is 0 Å². The summed E-state index contributed by atoms with van der Waals surface area (Å²) in [7, 11) is 0. The highest BCUT2D eigenvalue weighted by Gasteiger charge is 2.45. The number of hydrogen-bond acceptors (Lipinski definition) is 1. The van der Waals surface area contributed by atoms with Crippen LogP contribution in [0.25, 0.3) is 0 Å².